The number of methoxy groups -OCH3 is 2. The molecule has 1 aromatic carbocycles. The Hall–Kier alpha value is -2.97. The molecule has 0 radical (unpaired) electrons. The number of ether oxygens (including phenoxy) is 4. The molecule has 0 saturated carbocycles. The molecule has 6 unspecified atom stereocenters. The third-order valence-electron chi connectivity index (χ3n) is 7.35. The van der Waals surface area contributed by atoms with E-state index in [2.05, 4.69) is 0 Å². The molecule has 8 heteroatoms. The Morgan fingerprint density at radius 1 is 1.03 bits per heavy atom. The molecule has 3 saturated heterocycles. The van der Waals surface area contributed by atoms with E-state index < -0.39 is 29.2 Å². The van der Waals surface area contributed by atoms with Gasteiger partial charge in [-0.25, -0.2) is 9.59 Å². The fraction of sp³-hybridized carbons (Fsp3) is 0.435. The number of esters is 2. The quantitative estimate of drug-likeness (QED) is 0.526. The number of nitrogens with zero attached hydrogens (tertiary/aromatic N) is 1. The van der Waals surface area contributed by atoms with Crippen molar-refractivity contribution in [3.05, 3.63) is 59.2 Å². The van der Waals surface area contributed by atoms with Gasteiger partial charge in [0.25, 0.3) is 5.91 Å². The first-order chi connectivity index (χ1) is 15.0. The summed E-state index contributed by atoms with van der Waals surface area (Å²) in [6.45, 7) is 0.490. The Balaban J connectivity index is 1.52. The molecule has 160 valence electrons. The van der Waals surface area contributed by atoms with E-state index in [-0.39, 0.29) is 41.5 Å². The number of likely N-dealkylation sites (tertiary alicyclic amines) is 1. The molecule has 1 aromatic rings. The van der Waals surface area contributed by atoms with Gasteiger partial charge in [-0.2, -0.15) is 0 Å². The van der Waals surface area contributed by atoms with Gasteiger partial charge in [-0.3, -0.25) is 4.79 Å². The maximum absolute atomic E-state index is 13.4. The van der Waals surface area contributed by atoms with Gasteiger partial charge < -0.3 is 23.8 Å². The average Bonchev–Trinajstić information content (AvgIpc) is 3.53. The molecule has 2 spiro atoms. The van der Waals surface area contributed by atoms with E-state index in [1.54, 1.807) is 29.2 Å². The molecule has 1 amide bonds. The lowest BCUT2D eigenvalue weighted by Gasteiger charge is -2.50. The minimum Gasteiger partial charge on any atom is -0.466 e. The van der Waals surface area contributed by atoms with Crippen molar-refractivity contribution in [2.75, 3.05) is 27.3 Å². The average molecular weight is 423 g/mol. The summed E-state index contributed by atoms with van der Waals surface area (Å²) in [6, 6.07) is 8.95. The van der Waals surface area contributed by atoms with Crippen molar-refractivity contribution in [2.24, 2.45) is 11.8 Å². The van der Waals surface area contributed by atoms with Crippen LogP contribution in [0.15, 0.2) is 53.6 Å². The molecule has 5 aliphatic rings. The normalized spacial score (nSPS) is 38.5. The molecule has 0 aromatic heterocycles. The van der Waals surface area contributed by atoms with Crippen LogP contribution in [0.5, 0.6) is 0 Å². The predicted octanol–water partition coefficient (Wildman–Crippen LogP) is 0.876. The highest BCUT2D eigenvalue weighted by Crippen LogP contribution is 2.67. The maximum Gasteiger partial charge on any atom is 0.337 e. The highest BCUT2D eigenvalue weighted by Gasteiger charge is 2.79. The number of fused-ring (bicyclic) bond motifs is 4. The molecule has 5 aliphatic heterocycles. The lowest BCUT2D eigenvalue weighted by molar-refractivity contribution is -0.146. The summed E-state index contributed by atoms with van der Waals surface area (Å²) in [5.74, 6) is -1.76. The maximum atomic E-state index is 13.4. The highest BCUT2D eigenvalue weighted by molar-refractivity contribution is 6.05. The van der Waals surface area contributed by atoms with E-state index >= 15 is 0 Å². The summed E-state index contributed by atoms with van der Waals surface area (Å²) >= 11 is 0. The topological polar surface area (TPSA) is 91.4 Å². The number of carbonyl (C=O) groups is 3. The molecule has 0 aliphatic carbocycles. The number of hydrogen-bond donors (Lipinski definition) is 0. The molecule has 4 bridgehead atoms. The van der Waals surface area contributed by atoms with Crippen molar-refractivity contribution in [3.63, 3.8) is 0 Å². The van der Waals surface area contributed by atoms with E-state index in [0.717, 1.165) is 0 Å². The van der Waals surface area contributed by atoms with Crippen LogP contribution >= 0.6 is 0 Å². The van der Waals surface area contributed by atoms with Crippen molar-refractivity contribution in [2.45, 2.75) is 23.4 Å². The molecule has 6 rings (SSSR count). The number of amides is 1. The first-order valence-electron chi connectivity index (χ1n) is 10.3. The molecule has 3 fully saturated rings. The van der Waals surface area contributed by atoms with Crippen molar-refractivity contribution in [1.82, 2.24) is 4.90 Å². The molecular weight excluding hydrogens is 402 g/mol. The van der Waals surface area contributed by atoms with Gasteiger partial charge in [0.15, 0.2) is 0 Å². The Kier molecular flexibility index (Phi) is 3.66. The van der Waals surface area contributed by atoms with E-state index in [9.17, 15) is 14.4 Å². The second-order valence-corrected chi connectivity index (χ2v) is 8.68. The van der Waals surface area contributed by atoms with Crippen LogP contribution in [0, 0.1) is 11.8 Å². The van der Waals surface area contributed by atoms with Crippen LogP contribution in [0.2, 0.25) is 0 Å². The predicted molar refractivity (Wildman–Crippen MR) is 105 cm³/mol. The van der Waals surface area contributed by atoms with Gasteiger partial charge in [0, 0.05) is 17.4 Å². The number of carbonyl (C=O) groups excluding carboxylic acids is 3. The Morgan fingerprint density at radius 2 is 1.77 bits per heavy atom. The van der Waals surface area contributed by atoms with Crippen LogP contribution in [0.3, 0.4) is 0 Å². The number of rotatable bonds is 3. The van der Waals surface area contributed by atoms with Crippen LogP contribution in [0.25, 0.3) is 0 Å². The molecule has 31 heavy (non-hydrogen) atoms. The second-order valence-electron chi connectivity index (χ2n) is 8.68. The molecule has 0 N–H and O–H groups in total. The van der Waals surface area contributed by atoms with E-state index in [0.29, 0.717) is 12.1 Å². The largest absolute Gasteiger partial charge is 0.466 e. The molecule has 8 nitrogen and oxygen atoms in total. The SMILES string of the molecule is COC(=O)C1=C(C(=O)OC)C23CN(C(=O)c4ccccc4)CC45C=CC(O4)C(C1O2)C53. The summed E-state index contributed by atoms with van der Waals surface area (Å²) in [4.78, 5) is 40.7. The third-order valence-corrected chi connectivity index (χ3v) is 7.35. The zero-order valence-corrected chi connectivity index (χ0v) is 17.1. The van der Waals surface area contributed by atoms with Crippen LogP contribution in [-0.2, 0) is 28.5 Å². The highest BCUT2D eigenvalue weighted by atomic mass is 16.6. The third kappa shape index (κ3) is 2.14. The van der Waals surface area contributed by atoms with Crippen molar-refractivity contribution in [1.29, 1.82) is 0 Å². The number of benzene rings is 1. The van der Waals surface area contributed by atoms with Gasteiger partial charge in [0.1, 0.15) is 11.2 Å². The van der Waals surface area contributed by atoms with Gasteiger partial charge in [-0.15, -0.1) is 0 Å². The van der Waals surface area contributed by atoms with Crippen molar-refractivity contribution < 1.29 is 33.3 Å². The van der Waals surface area contributed by atoms with Gasteiger partial charge in [-0.05, 0) is 12.1 Å². The van der Waals surface area contributed by atoms with Gasteiger partial charge in [0.05, 0.1) is 50.7 Å². The van der Waals surface area contributed by atoms with Crippen LogP contribution in [0.1, 0.15) is 10.4 Å². The summed E-state index contributed by atoms with van der Waals surface area (Å²) in [7, 11) is 2.54. The fourth-order valence-electron chi connectivity index (χ4n) is 6.42. The Labute approximate surface area is 178 Å². The van der Waals surface area contributed by atoms with Crippen LogP contribution in [0.4, 0.5) is 0 Å². The first-order valence-corrected chi connectivity index (χ1v) is 10.3. The first kappa shape index (κ1) is 18.8. The zero-order chi connectivity index (χ0) is 21.5. The van der Waals surface area contributed by atoms with Gasteiger partial charge >= 0.3 is 11.9 Å². The van der Waals surface area contributed by atoms with Crippen molar-refractivity contribution >= 4 is 17.8 Å². The van der Waals surface area contributed by atoms with E-state index in [1.807, 2.05) is 18.2 Å². The standard InChI is InChI=1S/C23H21NO7/c1-28-20(26)15-16(21(27)29-2)23-11-24(19(25)12-6-4-3-5-7-12)10-22-9-8-13(30-22)14(18(22)23)17(15)31-23/h3-9,13-14,17-18H,10-11H2,1-2H3. The van der Waals surface area contributed by atoms with Crippen LogP contribution in [-0.4, -0.2) is 73.5 Å². The second kappa shape index (κ2) is 6.05. The van der Waals surface area contributed by atoms with Gasteiger partial charge in [-0.1, -0.05) is 30.4 Å². The Bertz CT molecular complexity index is 1080. The van der Waals surface area contributed by atoms with Gasteiger partial charge in [0.2, 0.25) is 0 Å². The minimum absolute atomic E-state index is 0.124. The monoisotopic (exact) mass is 423 g/mol. The lowest BCUT2D eigenvalue weighted by atomic mass is 9.58. The smallest absolute Gasteiger partial charge is 0.337 e. The summed E-state index contributed by atoms with van der Waals surface area (Å²) in [5.41, 5.74) is -1.08. The fourth-order valence-corrected chi connectivity index (χ4v) is 6.42. The summed E-state index contributed by atoms with van der Waals surface area (Å²) in [5, 5.41) is 0. The molecular formula is C23H21NO7. The van der Waals surface area contributed by atoms with E-state index in [4.69, 9.17) is 18.9 Å². The Morgan fingerprint density at radius 3 is 2.48 bits per heavy atom. The van der Waals surface area contributed by atoms with Crippen molar-refractivity contribution in [3.8, 4) is 0 Å². The van der Waals surface area contributed by atoms with Crippen LogP contribution < -0.4 is 0 Å². The summed E-state index contributed by atoms with van der Waals surface area (Å²) in [6.07, 6.45) is 3.07. The van der Waals surface area contributed by atoms with E-state index in [1.165, 1.54) is 14.2 Å². The lowest BCUT2D eigenvalue weighted by Crippen LogP contribution is -2.66. The zero-order valence-electron chi connectivity index (χ0n) is 17.1. The molecule has 6 atom stereocenters. The number of piperidine rings is 1. The summed E-state index contributed by atoms with van der Waals surface area (Å²) < 4.78 is 22.9. The molecule has 5 heterocycles. The minimum atomic E-state index is -1.19. The number of hydrogen-bond acceptors (Lipinski definition) is 7.